The molecule has 2 N–H and O–H groups in total. The largest absolute Gasteiger partial charge is 0.486 e. The number of fused-ring (bicyclic) bond motifs is 2. The molecule has 3 atom stereocenters. The van der Waals surface area contributed by atoms with Crippen LogP contribution in [0.3, 0.4) is 0 Å². The summed E-state index contributed by atoms with van der Waals surface area (Å²) in [4.78, 5) is 14.7. The molecule has 3 aliphatic rings. The van der Waals surface area contributed by atoms with Crippen LogP contribution in [0.5, 0.6) is 11.5 Å². The number of likely N-dealkylation sites (tertiary alicyclic amines) is 1. The molecule has 1 aromatic carbocycles. The molecular weight excluding hydrogens is 316 g/mol. The Bertz CT molecular complexity index is 595. The van der Waals surface area contributed by atoms with Crippen LogP contribution in [0, 0.1) is 11.8 Å². The van der Waals surface area contributed by atoms with E-state index in [1.165, 1.54) is 12.8 Å². The summed E-state index contributed by atoms with van der Waals surface area (Å²) in [6, 6.07) is 5.71. The normalized spacial score (nSPS) is 28.7. The van der Waals surface area contributed by atoms with Gasteiger partial charge in [0.15, 0.2) is 11.5 Å². The van der Waals surface area contributed by atoms with E-state index in [-0.39, 0.29) is 24.4 Å². The molecule has 23 heavy (non-hydrogen) atoms. The molecule has 1 saturated carbocycles. The van der Waals surface area contributed by atoms with Crippen molar-refractivity contribution in [3.63, 3.8) is 0 Å². The number of nitrogens with two attached hydrogens (primary N) is 1. The van der Waals surface area contributed by atoms with E-state index in [2.05, 4.69) is 0 Å². The Hall–Kier alpha value is -1.46. The molecule has 0 aromatic heterocycles. The van der Waals surface area contributed by atoms with Gasteiger partial charge in [-0.1, -0.05) is 6.42 Å². The lowest BCUT2D eigenvalue weighted by Gasteiger charge is -2.29. The number of ether oxygens (including phenoxy) is 2. The summed E-state index contributed by atoms with van der Waals surface area (Å²) in [5.74, 6) is 2.52. The predicted octanol–water partition coefficient (Wildman–Crippen LogP) is 2.08. The summed E-state index contributed by atoms with van der Waals surface area (Å²) >= 11 is 0. The fraction of sp³-hybridized carbons (Fsp3) is 0.588. The second-order valence-electron chi connectivity index (χ2n) is 6.59. The lowest BCUT2D eigenvalue weighted by molar-refractivity contribution is 0.0782. The van der Waals surface area contributed by atoms with Crippen LogP contribution in [0.15, 0.2) is 18.2 Å². The Morgan fingerprint density at radius 1 is 1.13 bits per heavy atom. The highest BCUT2D eigenvalue weighted by atomic mass is 35.5. The second-order valence-corrected chi connectivity index (χ2v) is 6.59. The summed E-state index contributed by atoms with van der Waals surface area (Å²) in [6.45, 7) is 2.73. The van der Waals surface area contributed by atoms with E-state index in [1.807, 2.05) is 17.0 Å². The molecule has 3 unspecified atom stereocenters. The van der Waals surface area contributed by atoms with E-state index in [9.17, 15) is 4.79 Å². The smallest absolute Gasteiger partial charge is 0.254 e. The zero-order valence-electron chi connectivity index (χ0n) is 13.1. The number of hydrogen-bond acceptors (Lipinski definition) is 4. The Balaban J connectivity index is 0.00000156. The van der Waals surface area contributed by atoms with Crippen molar-refractivity contribution in [2.45, 2.75) is 25.3 Å². The molecular formula is C17H23ClN2O3. The molecule has 1 aromatic rings. The van der Waals surface area contributed by atoms with Crippen LogP contribution in [0.4, 0.5) is 0 Å². The van der Waals surface area contributed by atoms with E-state index in [0.29, 0.717) is 36.4 Å². The molecule has 0 radical (unpaired) electrons. The summed E-state index contributed by atoms with van der Waals surface area (Å²) < 4.78 is 11.1. The van der Waals surface area contributed by atoms with Crippen LogP contribution in [0.25, 0.3) is 0 Å². The number of nitrogens with zero attached hydrogens (tertiary/aromatic N) is 1. The molecule has 1 aliphatic carbocycles. The van der Waals surface area contributed by atoms with Crippen molar-refractivity contribution in [2.24, 2.45) is 17.6 Å². The third kappa shape index (κ3) is 3.00. The van der Waals surface area contributed by atoms with Crippen molar-refractivity contribution in [3.05, 3.63) is 23.8 Å². The van der Waals surface area contributed by atoms with Gasteiger partial charge in [0, 0.05) is 24.7 Å². The van der Waals surface area contributed by atoms with Gasteiger partial charge in [-0.3, -0.25) is 4.79 Å². The first-order valence-electron chi connectivity index (χ1n) is 8.17. The molecule has 4 rings (SSSR count). The monoisotopic (exact) mass is 338 g/mol. The van der Waals surface area contributed by atoms with Gasteiger partial charge in [0.1, 0.15) is 13.2 Å². The summed E-state index contributed by atoms with van der Waals surface area (Å²) in [5.41, 5.74) is 6.91. The van der Waals surface area contributed by atoms with Gasteiger partial charge in [0.2, 0.25) is 0 Å². The highest BCUT2D eigenvalue weighted by molar-refractivity contribution is 5.95. The molecule has 6 heteroatoms. The second kappa shape index (κ2) is 6.57. The SMILES string of the molecule is Cl.NC1CCCC2CN(C(=O)c3ccc4c(c3)OCCO4)CC12. The molecule has 2 fully saturated rings. The van der Waals surface area contributed by atoms with E-state index in [4.69, 9.17) is 15.2 Å². The van der Waals surface area contributed by atoms with Crippen LogP contribution in [0.1, 0.15) is 29.6 Å². The van der Waals surface area contributed by atoms with Crippen molar-refractivity contribution in [2.75, 3.05) is 26.3 Å². The summed E-state index contributed by atoms with van der Waals surface area (Å²) in [6.07, 6.45) is 3.48. The molecule has 2 heterocycles. The number of halogens is 1. The minimum Gasteiger partial charge on any atom is -0.486 e. The Kier molecular flexibility index (Phi) is 4.69. The number of carbonyl (C=O) groups is 1. The van der Waals surface area contributed by atoms with Gasteiger partial charge in [-0.25, -0.2) is 0 Å². The number of carbonyl (C=O) groups excluding carboxylic acids is 1. The maximum atomic E-state index is 12.8. The molecule has 1 amide bonds. The molecule has 1 saturated heterocycles. The Morgan fingerprint density at radius 3 is 2.70 bits per heavy atom. The van der Waals surface area contributed by atoms with Crippen molar-refractivity contribution < 1.29 is 14.3 Å². The Labute approximate surface area is 142 Å². The average Bonchev–Trinajstić information content (AvgIpc) is 2.99. The van der Waals surface area contributed by atoms with Crippen molar-refractivity contribution in [1.29, 1.82) is 0 Å². The van der Waals surface area contributed by atoms with Crippen LogP contribution < -0.4 is 15.2 Å². The standard InChI is InChI=1S/C17H22N2O3.ClH/c18-14-3-1-2-12-9-19(10-13(12)14)17(20)11-4-5-15-16(8-11)22-7-6-21-15;/h4-5,8,12-14H,1-3,6-7,9-10,18H2;1H. The maximum Gasteiger partial charge on any atom is 0.254 e. The van der Waals surface area contributed by atoms with Gasteiger partial charge in [0.25, 0.3) is 5.91 Å². The number of amides is 1. The zero-order valence-corrected chi connectivity index (χ0v) is 13.9. The zero-order chi connectivity index (χ0) is 15.1. The van der Waals surface area contributed by atoms with E-state index >= 15 is 0 Å². The van der Waals surface area contributed by atoms with Crippen LogP contribution in [0.2, 0.25) is 0 Å². The van der Waals surface area contributed by atoms with Gasteiger partial charge in [-0.05, 0) is 42.9 Å². The van der Waals surface area contributed by atoms with E-state index in [0.717, 1.165) is 25.3 Å². The van der Waals surface area contributed by atoms with Gasteiger partial charge < -0.3 is 20.1 Å². The first kappa shape index (κ1) is 16.4. The van der Waals surface area contributed by atoms with Gasteiger partial charge in [0.05, 0.1) is 0 Å². The molecule has 5 nitrogen and oxygen atoms in total. The third-order valence-electron chi connectivity index (χ3n) is 5.23. The molecule has 0 spiro atoms. The number of benzene rings is 1. The molecule has 0 bridgehead atoms. The first-order chi connectivity index (χ1) is 10.7. The Morgan fingerprint density at radius 2 is 1.91 bits per heavy atom. The molecule has 126 valence electrons. The lowest BCUT2D eigenvalue weighted by Crippen LogP contribution is -2.38. The minimum atomic E-state index is 0. The van der Waals surface area contributed by atoms with E-state index in [1.54, 1.807) is 6.07 Å². The van der Waals surface area contributed by atoms with Gasteiger partial charge in [-0.2, -0.15) is 0 Å². The lowest BCUT2D eigenvalue weighted by atomic mass is 9.78. The van der Waals surface area contributed by atoms with Gasteiger partial charge in [-0.15, -0.1) is 12.4 Å². The highest BCUT2D eigenvalue weighted by Crippen LogP contribution is 2.37. The third-order valence-corrected chi connectivity index (χ3v) is 5.23. The molecule has 2 aliphatic heterocycles. The summed E-state index contributed by atoms with van der Waals surface area (Å²) in [5, 5.41) is 0. The predicted molar refractivity (Wildman–Crippen MR) is 89.4 cm³/mol. The highest BCUT2D eigenvalue weighted by Gasteiger charge is 2.40. The number of hydrogen-bond donors (Lipinski definition) is 1. The van der Waals surface area contributed by atoms with E-state index < -0.39 is 0 Å². The summed E-state index contributed by atoms with van der Waals surface area (Å²) in [7, 11) is 0. The van der Waals surface area contributed by atoms with Gasteiger partial charge >= 0.3 is 0 Å². The maximum absolute atomic E-state index is 12.8. The quantitative estimate of drug-likeness (QED) is 0.851. The number of rotatable bonds is 1. The first-order valence-corrected chi connectivity index (χ1v) is 8.17. The topological polar surface area (TPSA) is 64.8 Å². The van der Waals surface area contributed by atoms with Crippen molar-refractivity contribution in [3.8, 4) is 11.5 Å². The minimum absolute atomic E-state index is 0. The van der Waals surface area contributed by atoms with Crippen LogP contribution >= 0.6 is 12.4 Å². The van der Waals surface area contributed by atoms with Crippen LogP contribution in [-0.2, 0) is 0 Å². The van der Waals surface area contributed by atoms with Crippen molar-refractivity contribution >= 4 is 18.3 Å². The fourth-order valence-electron chi connectivity index (χ4n) is 4.04. The van der Waals surface area contributed by atoms with Crippen LogP contribution in [-0.4, -0.2) is 43.2 Å². The average molecular weight is 339 g/mol. The van der Waals surface area contributed by atoms with Crippen molar-refractivity contribution in [1.82, 2.24) is 4.90 Å². The fourth-order valence-corrected chi connectivity index (χ4v) is 4.04.